The molecule has 0 bridgehead atoms. The first-order valence-corrected chi connectivity index (χ1v) is 7.17. The molecule has 5 heteroatoms. The smallest absolute Gasteiger partial charge is 0.312 e. The first-order chi connectivity index (χ1) is 7.44. The van der Waals surface area contributed by atoms with Gasteiger partial charge in [0.1, 0.15) is 0 Å². The van der Waals surface area contributed by atoms with Crippen molar-refractivity contribution in [3.8, 4) is 0 Å². The number of rotatable bonds is 7. The first kappa shape index (κ1) is 13.9. The summed E-state index contributed by atoms with van der Waals surface area (Å²) >= 11 is 0. The highest BCUT2D eigenvalue weighted by atomic mass is 31.2. The van der Waals surface area contributed by atoms with Gasteiger partial charge >= 0.3 is 7.60 Å². The Morgan fingerprint density at radius 3 is 2.38 bits per heavy atom. The maximum absolute atomic E-state index is 12.0. The highest BCUT2D eigenvalue weighted by molar-refractivity contribution is 7.53. The Balaban J connectivity index is 2.60. The quantitative estimate of drug-likeness (QED) is 0.511. The van der Waals surface area contributed by atoms with Crippen molar-refractivity contribution >= 4 is 7.60 Å². The molecule has 1 aliphatic carbocycles. The van der Waals surface area contributed by atoms with Crippen molar-refractivity contribution in [2.75, 3.05) is 34.5 Å². The van der Waals surface area contributed by atoms with E-state index >= 15 is 0 Å². The molecule has 0 aromatic heterocycles. The predicted molar refractivity (Wildman–Crippen MR) is 65.8 cm³/mol. The van der Waals surface area contributed by atoms with Gasteiger partial charge in [0.2, 0.25) is 0 Å². The lowest BCUT2D eigenvalue weighted by atomic mass is 10.1. The molecule has 0 radical (unpaired) electrons. The molecule has 0 N–H and O–H groups in total. The fourth-order valence-corrected chi connectivity index (χ4v) is 3.41. The highest BCUT2D eigenvalue weighted by Crippen LogP contribution is 2.55. The lowest BCUT2D eigenvalue weighted by molar-refractivity contribution is 0.236. The van der Waals surface area contributed by atoms with E-state index in [1.807, 2.05) is 20.2 Å². The highest BCUT2D eigenvalue weighted by Gasteiger charge is 2.54. The van der Waals surface area contributed by atoms with E-state index < -0.39 is 7.60 Å². The molecule has 1 saturated carbocycles. The SMILES string of the molecule is C=C[C@H]1C[C@]1(CCP(=O)(OC)OC)N(C)C. The van der Waals surface area contributed by atoms with Crippen LogP contribution in [-0.2, 0) is 13.6 Å². The third kappa shape index (κ3) is 2.57. The topological polar surface area (TPSA) is 38.8 Å². The van der Waals surface area contributed by atoms with E-state index in [9.17, 15) is 4.57 Å². The second-order valence-corrected chi connectivity index (χ2v) is 6.89. The van der Waals surface area contributed by atoms with Crippen molar-refractivity contribution in [2.45, 2.75) is 18.4 Å². The van der Waals surface area contributed by atoms with E-state index in [-0.39, 0.29) is 5.54 Å². The van der Waals surface area contributed by atoms with Crippen LogP contribution in [0.15, 0.2) is 12.7 Å². The van der Waals surface area contributed by atoms with Crippen molar-refractivity contribution in [3.63, 3.8) is 0 Å². The summed E-state index contributed by atoms with van der Waals surface area (Å²) in [6, 6.07) is 0. The average molecular weight is 247 g/mol. The fraction of sp³-hybridized carbons (Fsp3) is 0.818. The first-order valence-electron chi connectivity index (χ1n) is 5.44. The summed E-state index contributed by atoms with van der Waals surface area (Å²) < 4.78 is 21.8. The van der Waals surface area contributed by atoms with Crippen LogP contribution in [0.5, 0.6) is 0 Å². The molecule has 0 saturated heterocycles. The summed E-state index contributed by atoms with van der Waals surface area (Å²) in [5.41, 5.74) is 0.106. The normalized spacial score (nSPS) is 29.4. The van der Waals surface area contributed by atoms with Crippen LogP contribution >= 0.6 is 7.60 Å². The standard InChI is InChI=1S/C11H22NO3P/c1-6-10-9-11(10,12(2)3)7-8-16(13,14-4)15-5/h6,10H,1,7-9H2,2-5H3/t10-,11-/m0/s1. The van der Waals surface area contributed by atoms with Crippen molar-refractivity contribution in [2.24, 2.45) is 5.92 Å². The van der Waals surface area contributed by atoms with Crippen LogP contribution in [0, 0.1) is 5.92 Å². The Bertz CT molecular complexity index is 298. The number of nitrogens with zero attached hydrogens (tertiary/aromatic N) is 1. The number of hydrogen-bond acceptors (Lipinski definition) is 4. The van der Waals surface area contributed by atoms with Crippen LogP contribution in [0.4, 0.5) is 0 Å². The molecule has 0 heterocycles. The molecule has 0 unspecified atom stereocenters. The van der Waals surface area contributed by atoms with Gasteiger partial charge in [-0.1, -0.05) is 6.08 Å². The van der Waals surface area contributed by atoms with Crippen molar-refractivity contribution in [3.05, 3.63) is 12.7 Å². The molecule has 94 valence electrons. The maximum atomic E-state index is 12.0. The molecule has 4 nitrogen and oxygen atoms in total. The van der Waals surface area contributed by atoms with Gasteiger partial charge in [0.25, 0.3) is 0 Å². The summed E-state index contributed by atoms with van der Waals surface area (Å²) in [6.45, 7) is 3.83. The molecule has 16 heavy (non-hydrogen) atoms. The van der Waals surface area contributed by atoms with Gasteiger partial charge in [-0.3, -0.25) is 4.57 Å². The lowest BCUT2D eigenvalue weighted by Crippen LogP contribution is -2.33. The van der Waals surface area contributed by atoms with Gasteiger partial charge in [0.15, 0.2) is 0 Å². The largest absolute Gasteiger partial charge is 0.330 e. The Kier molecular flexibility index (Phi) is 4.35. The van der Waals surface area contributed by atoms with Gasteiger partial charge in [-0.2, -0.15) is 0 Å². The second-order valence-electron chi connectivity index (χ2n) is 4.49. The zero-order valence-electron chi connectivity index (χ0n) is 10.6. The van der Waals surface area contributed by atoms with Crippen LogP contribution in [0.3, 0.4) is 0 Å². The van der Waals surface area contributed by atoms with Gasteiger partial charge in [0.05, 0.1) is 6.16 Å². The predicted octanol–water partition coefficient (Wildman–Crippen LogP) is 2.37. The Labute approximate surface area is 98.1 Å². The summed E-state index contributed by atoms with van der Waals surface area (Å²) in [7, 11) is 4.09. The third-order valence-electron chi connectivity index (χ3n) is 3.65. The Hall–Kier alpha value is -0.150. The summed E-state index contributed by atoms with van der Waals surface area (Å²) in [5, 5.41) is 0. The fourth-order valence-electron chi connectivity index (χ4n) is 2.24. The molecule has 1 rings (SSSR count). The maximum Gasteiger partial charge on any atom is 0.330 e. The van der Waals surface area contributed by atoms with Gasteiger partial charge in [-0.25, -0.2) is 0 Å². The van der Waals surface area contributed by atoms with Gasteiger partial charge in [0, 0.05) is 19.8 Å². The van der Waals surface area contributed by atoms with Gasteiger partial charge in [-0.05, 0) is 32.9 Å². The zero-order valence-corrected chi connectivity index (χ0v) is 11.5. The van der Waals surface area contributed by atoms with E-state index in [0.717, 1.165) is 12.8 Å². The minimum absolute atomic E-state index is 0.106. The van der Waals surface area contributed by atoms with E-state index in [4.69, 9.17) is 9.05 Å². The van der Waals surface area contributed by atoms with E-state index in [2.05, 4.69) is 11.5 Å². The van der Waals surface area contributed by atoms with Crippen molar-refractivity contribution in [1.82, 2.24) is 4.90 Å². The van der Waals surface area contributed by atoms with Crippen LogP contribution in [0.1, 0.15) is 12.8 Å². The summed E-state index contributed by atoms with van der Waals surface area (Å²) in [5.74, 6) is 0.490. The molecular weight excluding hydrogens is 225 g/mol. The van der Waals surface area contributed by atoms with Gasteiger partial charge in [-0.15, -0.1) is 6.58 Å². The zero-order chi connectivity index (χ0) is 12.4. The molecule has 0 amide bonds. The molecule has 0 aromatic rings. The van der Waals surface area contributed by atoms with E-state index in [1.165, 1.54) is 14.2 Å². The lowest BCUT2D eigenvalue weighted by Gasteiger charge is -2.26. The summed E-state index contributed by atoms with van der Waals surface area (Å²) in [4.78, 5) is 2.19. The average Bonchev–Trinajstić information content (AvgIpc) is 3.01. The molecule has 0 aromatic carbocycles. The number of hydrogen-bond donors (Lipinski definition) is 0. The molecule has 1 aliphatic rings. The molecule has 0 spiro atoms. The van der Waals surface area contributed by atoms with E-state index in [1.54, 1.807) is 0 Å². The minimum Gasteiger partial charge on any atom is -0.312 e. The monoisotopic (exact) mass is 247 g/mol. The van der Waals surface area contributed by atoms with Gasteiger partial charge < -0.3 is 13.9 Å². The van der Waals surface area contributed by atoms with E-state index in [0.29, 0.717) is 12.1 Å². The Morgan fingerprint density at radius 1 is 1.50 bits per heavy atom. The molecule has 0 aliphatic heterocycles. The van der Waals surface area contributed by atoms with Crippen LogP contribution in [0.2, 0.25) is 0 Å². The van der Waals surface area contributed by atoms with Crippen LogP contribution in [-0.4, -0.2) is 44.9 Å². The molecule has 2 atom stereocenters. The van der Waals surface area contributed by atoms with Crippen LogP contribution in [0.25, 0.3) is 0 Å². The Morgan fingerprint density at radius 2 is 2.06 bits per heavy atom. The second kappa shape index (κ2) is 5.01. The summed E-state index contributed by atoms with van der Waals surface area (Å²) in [6.07, 6.45) is 4.33. The molecular formula is C11H22NO3P. The third-order valence-corrected chi connectivity index (χ3v) is 5.54. The van der Waals surface area contributed by atoms with Crippen LogP contribution < -0.4 is 0 Å². The van der Waals surface area contributed by atoms with Crippen molar-refractivity contribution in [1.29, 1.82) is 0 Å². The van der Waals surface area contributed by atoms with Crippen molar-refractivity contribution < 1.29 is 13.6 Å². The molecule has 1 fully saturated rings. The minimum atomic E-state index is -2.88.